The Balaban J connectivity index is 1.78. The first-order chi connectivity index (χ1) is 12.7. The van der Waals surface area contributed by atoms with Crippen LogP contribution in [0.2, 0.25) is 0 Å². The summed E-state index contributed by atoms with van der Waals surface area (Å²) in [4.78, 5) is 16.0. The molecule has 126 valence electrons. The van der Waals surface area contributed by atoms with Crippen molar-refractivity contribution in [3.8, 4) is 11.3 Å². The zero-order valence-electron chi connectivity index (χ0n) is 13.9. The number of halogens is 1. The molecular formula is C23H16BrNO. The van der Waals surface area contributed by atoms with Gasteiger partial charge in [-0.25, -0.2) is 0 Å². The van der Waals surface area contributed by atoms with Crippen molar-refractivity contribution >= 4 is 38.7 Å². The number of hydrogen-bond donors (Lipinski definition) is 1. The number of carbonyl (C=O) groups excluding carboxylic acids is 1. The zero-order valence-corrected chi connectivity index (χ0v) is 15.5. The lowest BCUT2D eigenvalue weighted by atomic mass is 10.0. The highest BCUT2D eigenvalue weighted by atomic mass is 79.9. The van der Waals surface area contributed by atoms with E-state index in [1.807, 2.05) is 60.7 Å². The molecule has 2 nitrogen and oxygen atoms in total. The molecule has 4 aromatic rings. The highest BCUT2D eigenvalue weighted by Crippen LogP contribution is 2.31. The third-order valence-electron chi connectivity index (χ3n) is 4.34. The fraction of sp³-hybridized carbons (Fsp3) is 0. The second-order valence-electron chi connectivity index (χ2n) is 6.03. The summed E-state index contributed by atoms with van der Waals surface area (Å²) in [6, 6.07) is 25.7. The van der Waals surface area contributed by atoms with E-state index in [0.717, 1.165) is 32.2 Å². The van der Waals surface area contributed by atoms with Crippen LogP contribution in [0.5, 0.6) is 0 Å². The number of rotatable bonds is 4. The number of aromatic nitrogens is 1. The number of hydrogen-bond acceptors (Lipinski definition) is 1. The van der Waals surface area contributed by atoms with Gasteiger partial charge in [0.1, 0.15) is 0 Å². The Kier molecular flexibility index (Phi) is 4.55. The fourth-order valence-electron chi connectivity index (χ4n) is 3.04. The Bertz CT molecular complexity index is 1090. The molecule has 0 atom stereocenters. The zero-order chi connectivity index (χ0) is 17.9. The van der Waals surface area contributed by atoms with Gasteiger partial charge in [-0.2, -0.15) is 0 Å². The summed E-state index contributed by atoms with van der Waals surface area (Å²) in [5, 5.41) is 1.10. The molecular weight excluding hydrogens is 386 g/mol. The third kappa shape index (κ3) is 3.26. The van der Waals surface area contributed by atoms with Gasteiger partial charge in [-0.05, 0) is 48.0 Å². The maximum atomic E-state index is 12.5. The molecule has 0 spiro atoms. The number of nitrogens with one attached hydrogen (secondary N) is 1. The van der Waals surface area contributed by atoms with Crippen molar-refractivity contribution in [2.45, 2.75) is 0 Å². The number of allylic oxidation sites excluding steroid dienone is 1. The summed E-state index contributed by atoms with van der Waals surface area (Å²) in [5.41, 5.74) is 4.87. The number of aromatic amines is 1. The second kappa shape index (κ2) is 7.14. The quantitative estimate of drug-likeness (QED) is 0.307. The van der Waals surface area contributed by atoms with Gasteiger partial charge in [-0.1, -0.05) is 64.5 Å². The van der Waals surface area contributed by atoms with Crippen molar-refractivity contribution in [1.82, 2.24) is 4.98 Å². The molecule has 3 heteroatoms. The van der Waals surface area contributed by atoms with E-state index in [4.69, 9.17) is 0 Å². The maximum absolute atomic E-state index is 12.5. The largest absolute Gasteiger partial charge is 0.354 e. The van der Waals surface area contributed by atoms with Crippen molar-refractivity contribution in [3.63, 3.8) is 0 Å². The summed E-state index contributed by atoms with van der Waals surface area (Å²) in [5.74, 6) is -0.0122. The van der Waals surface area contributed by atoms with E-state index >= 15 is 0 Å². The standard InChI is InChI=1S/C23H16BrNO/c24-18-12-10-16(11-13-18)22(26)15-14-20-19-8-4-5-9-21(19)25-23(20)17-6-2-1-3-7-17/h1-15,25H/b15-14+. The number of H-pyrrole nitrogens is 1. The lowest BCUT2D eigenvalue weighted by Gasteiger charge is -2.01. The summed E-state index contributed by atoms with van der Waals surface area (Å²) in [6.45, 7) is 0. The summed E-state index contributed by atoms with van der Waals surface area (Å²) < 4.78 is 0.959. The molecule has 0 aliphatic rings. The summed E-state index contributed by atoms with van der Waals surface area (Å²) in [6.07, 6.45) is 3.55. The van der Waals surface area contributed by atoms with Crippen molar-refractivity contribution in [2.24, 2.45) is 0 Å². The lowest BCUT2D eigenvalue weighted by molar-refractivity contribution is 0.104. The lowest BCUT2D eigenvalue weighted by Crippen LogP contribution is -1.93. The Morgan fingerprint density at radius 2 is 1.54 bits per heavy atom. The van der Waals surface area contributed by atoms with E-state index in [9.17, 15) is 4.79 Å². The van der Waals surface area contributed by atoms with Crippen molar-refractivity contribution in [2.75, 3.05) is 0 Å². The summed E-state index contributed by atoms with van der Waals surface area (Å²) >= 11 is 3.39. The van der Waals surface area contributed by atoms with Crippen molar-refractivity contribution in [3.05, 3.63) is 101 Å². The van der Waals surface area contributed by atoms with Crippen molar-refractivity contribution < 1.29 is 4.79 Å². The SMILES string of the molecule is O=C(/C=C/c1c(-c2ccccc2)[nH]c2ccccc12)c1ccc(Br)cc1. The molecule has 1 N–H and O–H groups in total. The number of benzene rings is 3. The second-order valence-corrected chi connectivity index (χ2v) is 6.95. The van der Waals surface area contributed by atoms with E-state index in [1.54, 1.807) is 6.08 Å². The van der Waals surface area contributed by atoms with Crippen LogP contribution in [0.15, 0.2) is 89.4 Å². The molecule has 0 fully saturated rings. The van der Waals surface area contributed by atoms with Crippen LogP contribution in [0.4, 0.5) is 0 Å². The van der Waals surface area contributed by atoms with Gasteiger partial charge in [0.15, 0.2) is 5.78 Å². The van der Waals surface area contributed by atoms with Crippen LogP contribution in [-0.2, 0) is 0 Å². The van der Waals surface area contributed by atoms with Gasteiger partial charge >= 0.3 is 0 Å². The van der Waals surface area contributed by atoms with Crippen LogP contribution in [-0.4, -0.2) is 10.8 Å². The molecule has 0 bridgehead atoms. The predicted molar refractivity (Wildman–Crippen MR) is 111 cm³/mol. The van der Waals surface area contributed by atoms with Crippen LogP contribution in [0, 0.1) is 0 Å². The average molecular weight is 402 g/mol. The van der Waals surface area contributed by atoms with E-state index in [1.165, 1.54) is 0 Å². The van der Waals surface area contributed by atoms with Crippen LogP contribution in [0.25, 0.3) is 28.2 Å². The van der Waals surface area contributed by atoms with Gasteiger partial charge < -0.3 is 4.98 Å². The van der Waals surface area contributed by atoms with Crippen LogP contribution < -0.4 is 0 Å². The maximum Gasteiger partial charge on any atom is 0.185 e. The Labute approximate surface area is 160 Å². The molecule has 1 aromatic heterocycles. The number of para-hydroxylation sites is 1. The average Bonchev–Trinajstić information content (AvgIpc) is 3.06. The van der Waals surface area contributed by atoms with Gasteiger partial charge in [0.25, 0.3) is 0 Å². The fourth-order valence-corrected chi connectivity index (χ4v) is 3.30. The highest BCUT2D eigenvalue weighted by molar-refractivity contribution is 9.10. The molecule has 3 aromatic carbocycles. The van der Waals surface area contributed by atoms with E-state index in [2.05, 4.69) is 45.2 Å². The minimum Gasteiger partial charge on any atom is -0.354 e. The molecule has 0 saturated carbocycles. The molecule has 0 radical (unpaired) electrons. The third-order valence-corrected chi connectivity index (χ3v) is 4.87. The monoisotopic (exact) mass is 401 g/mol. The Hall–Kier alpha value is -2.91. The predicted octanol–water partition coefficient (Wildman–Crippen LogP) is 6.49. The Morgan fingerprint density at radius 1 is 0.846 bits per heavy atom. The topological polar surface area (TPSA) is 32.9 Å². The van der Waals surface area contributed by atoms with Crippen LogP contribution in [0.3, 0.4) is 0 Å². The number of ketones is 1. The smallest absolute Gasteiger partial charge is 0.185 e. The van der Waals surface area contributed by atoms with Crippen LogP contribution in [0.1, 0.15) is 15.9 Å². The molecule has 0 aliphatic carbocycles. The van der Waals surface area contributed by atoms with E-state index < -0.39 is 0 Å². The minimum absolute atomic E-state index is 0.0122. The van der Waals surface area contributed by atoms with Gasteiger partial charge in [0.05, 0.1) is 5.69 Å². The number of carbonyl (C=O) groups is 1. The Morgan fingerprint density at radius 3 is 2.31 bits per heavy atom. The molecule has 0 unspecified atom stereocenters. The van der Waals surface area contributed by atoms with Gasteiger partial charge in [-0.3, -0.25) is 4.79 Å². The normalized spacial score (nSPS) is 11.3. The van der Waals surface area contributed by atoms with E-state index in [0.29, 0.717) is 5.56 Å². The van der Waals surface area contributed by atoms with Gasteiger partial charge in [0.2, 0.25) is 0 Å². The van der Waals surface area contributed by atoms with Crippen LogP contribution >= 0.6 is 15.9 Å². The first kappa shape index (κ1) is 16.6. The molecule has 26 heavy (non-hydrogen) atoms. The molecule has 0 saturated heterocycles. The molecule has 0 aliphatic heterocycles. The van der Waals surface area contributed by atoms with E-state index in [-0.39, 0.29) is 5.78 Å². The number of fused-ring (bicyclic) bond motifs is 1. The minimum atomic E-state index is -0.0122. The molecule has 0 amide bonds. The summed E-state index contributed by atoms with van der Waals surface area (Å²) in [7, 11) is 0. The first-order valence-corrected chi connectivity index (χ1v) is 9.16. The first-order valence-electron chi connectivity index (χ1n) is 8.36. The highest BCUT2D eigenvalue weighted by Gasteiger charge is 2.11. The molecule has 1 heterocycles. The van der Waals surface area contributed by atoms with Crippen molar-refractivity contribution in [1.29, 1.82) is 0 Å². The molecule has 4 rings (SSSR count). The van der Waals surface area contributed by atoms with Gasteiger partial charge in [0, 0.05) is 26.5 Å². The van der Waals surface area contributed by atoms with Gasteiger partial charge in [-0.15, -0.1) is 0 Å².